The first-order valence-corrected chi connectivity index (χ1v) is 4.30. The van der Waals surface area contributed by atoms with Crippen molar-refractivity contribution in [2.75, 3.05) is 18.1 Å². The molecule has 0 bridgehead atoms. The van der Waals surface area contributed by atoms with Gasteiger partial charge in [-0.1, -0.05) is 11.8 Å². The molecule has 0 aliphatic heterocycles. The van der Waals surface area contributed by atoms with Crippen LogP contribution >= 0.6 is 11.8 Å². The highest BCUT2D eigenvalue weighted by atomic mass is 32.2. The number of hydrogen-bond acceptors (Lipinski definition) is 5. The Bertz CT molecular complexity index is 205. The molecule has 0 rings (SSSR count). The minimum atomic E-state index is -0.832. The van der Waals surface area contributed by atoms with Gasteiger partial charge in [-0.15, -0.1) is 4.91 Å². The average molecular weight is 188 g/mol. The summed E-state index contributed by atoms with van der Waals surface area (Å²) in [7, 11) is 0. The third-order valence-corrected chi connectivity index (χ3v) is 2.01. The zero-order valence-corrected chi connectivity index (χ0v) is 7.17. The van der Waals surface area contributed by atoms with Crippen LogP contribution in [0, 0.1) is 9.81 Å². The minimum Gasteiger partial charge on any atom is -0.264 e. The lowest BCUT2D eigenvalue weighted by molar-refractivity contribution is -0.114. The topological polar surface area (TPSA) is 75.9 Å². The van der Waals surface area contributed by atoms with Crippen molar-refractivity contribution in [2.45, 2.75) is 0 Å². The van der Waals surface area contributed by atoms with Gasteiger partial charge >= 0.3 is 5.91 Å². The van der Waals surface area contributed by atoms with Crippen LogP contribution in [0.5, 0.6) is 0 Å². The summed E-state index contributed by atoms with van der Waals surface area (Å²) >= 11 is 1.32. The molecule has 66 valence electrons. The second-order valence-electron chi connectivity index (χ2n) is 1.91. The summed E-state index contributed by atoms with van der Waals surface area (Å²) in [6.07, 6.45) is 0. The second kappa shape index (κ2) is 6.66. The Hall–Kier alpha value is -1.04. The molecule has 0 N–H and O–H groups in total. The Morgan fingerprint density at radius 1 is 1.42 bits per heavy atom. The molecule has 0 aliphatic rings. The molecule has 0 aromatic rings. The van der Waals surface area contributed by atoms with Crippen LogP contribution in [0.15, 0.2) is 22.5 Å². The molecule has 0 saturated carbocycles. The van der Waals surface area contributed by atoms with E-state index in [0.717, 1.165) is 0 Å². The molecule has 0 aromatic heterocycles. The minimum absolute atomic E-state index is 0.154. The van der Waals surface area contributed by atoms with Gasteiger partial charge in [-0.2, -0.15) is 16.7 Å². The highest BCUT2D eigenvalue weighted by Crippen LogP contribution is 2.07. The first-order valence-electron chi connectivity index (χ1n) is 3.14. The average Bonchev–Trinajstić information content (AvgIpc) is 2.10. The largest absolute Gasteiger partial charge is 0.313 e. The zero-order valence-electron chi connectivity index (χ0n) is 6.36. The molecule has 0 saturated heterocycles. The number of rotatable bonds is 6. The Labute approximate surface area is 73.5 Å². The maximum atomic E-state index is 10.5. The maximum Gasteiger partial charge on any atom is 0.313 e. The fourth-order valence-corrected chi connectivity index (χ4v) is 1.14. The van der Waals surface area contributed by atoms with Crippen molar-refractivity contribution < 1.29 is 4.79 Å². The van der Waals surface area contributed by atoms with E-state index in [1.54, 1.807) is 0 Å². The summed E-state index contributed by atoms with van der Waals surface area (Å²) in [5.74, 6) is 0.0101. The molecule has 0 aromatic carbocycles. The fourth-order valence-electron chi connectivity index (χ4n) is 0.423. The quantitative estimate of drug-likeness (QED) is 0.358. The molecule has 0 atom stereocenters. The molecule has 0 spiro atoms. The third kappa shape index (κ3) is 4.73. The van der Waals surface area contributed by atoms with Crippen LogP contribution in [0.1, 0.15) is 0 Å². The highest BCUT2D eigenvalue weighted by Gasteiger charge is 2.05. The Kier molecular flexibility index (Phi) is 6.08. The smallest absolute Gasteiger partial charge is 0.264 e. The predicted octanol–water partition coefficient (Wildman–Crippen LogP) is 1.34. The number of carbonyl (C=O) groups is 1. The van der Waals surface area contributed by atoms with Crippen molar-refractivity contribution >= 4 is 17.7 Å². The lowest BCUT2D eigenvalue weighted by Crippen LogP contribution is -1.99. The van der Waals surface area contributed by atoms with Crippen LogP contribution in [-0.4, -0.2) is 24.0 Å². The van der Waals surface area contributed by atoms with Gasteiger partial charge in [0.05, 0.1) is 6.54 Å². The van der Waals surface area contributed by atoms with Gasteiger partial charge in [0.25, 0.3) is 0 Å². The van der Waals surface area contributed by atoms with Gasteiger partial charge in [0.1, 0.15) is 0 Å². The Balaban J connectivity index is 3.50. The third-order valence-electron chi connectivity index (χ3n) is 0.989. The fraction of sp³-hybridized carbons (Fsp3) is 0.500. The van der Waals surface area contributed by atoms with Crippen molar-refractivity contribution in [3.8, 4) is 0 Å². The molecular formula is C6H8N2O3S. The second-order valence-corrected chi connectivity index (χ2v) is 3.01. The summed E-state index contributed by atoms with van der Waals surface area (Å²) < 4.78 is 0. The molecule has 0 radical (unpaired) electrons. The highest BCUT2D eigenvalue weighted by molar-refractivity contribution is 7.99. The van der Waals surface area contributed by atoms with Crippen molar-refractivity contribution in [3.05, 3.63) is 22.0 Å². The first kappa shape index (κ1) is 11.0. The standard InChI is InChI=1S/C6H8N2O3S/c1-5(6(9)8-11)4-12-3-2-7-10/h1-4H2. The summed E-state index contributed by atoms with van der Waals surface area (Å²) in [4.78, 5) is 29.8. The van der Waals surface area contributed by atoms with Gasteiger partial charge in [-0.05, 0) is 0 Å². The number of nitroso groups, excluding NO2 is 2. The van der Waals surface area contributed by atoms with Crippen LogP contribution in [-0.2, 0) is 4.79 Å². The summed E-state index contributed by atoms with van der Waals surface area (Å²) in [6, 6.07) is 0. The molecule has 0 unspecified atom stereocenters. The summed E-state index contributed by atoms with van der Waals surface area (Å²) in [6.45, 7) is 3.55. The van der Waals surface area contributed by atoms with Gasteiger partial charge in [0.2, 0.25) is 0 Å². The summed E-state index contributed by atoms with van der Waals surface area (Å²) in [5.41, 5.74) is 0.154. The molecule has 5 nitrogen and oxygen atoms in total. The molecule has 1 amide bonds. The van der Waals surface area contributed by atoms with Crippen LogP contribution in [0.25, 0.3) is 0 Å². The molecular weight excluding hydrogens is 180 g/mol. The molecule has 12 heavy (non-hydrogen) atoms. The lowest BCUT2D eigenvalue weighted by Gasteiger charge is -1.96. The molecule has 0 heterocycles. The van der Waals surface area contributed by atoms with Crippen molar-refractivity contribution in [3.63, 3.8) is 0 Å². The number of amides is 1. The SMILES string of the molecule is C=C(CSCCN=O)C(=O)N=O. The van der Waals surface area contributed by atoms with E-state index in [2.05, 4.69) is 16.9 Å². The number of hydrogen-bond donors (Lipinski definition) is 0. The summed E-state index contributed by atoms with van der Waals surface area (Å²) in [5, 5.41) is 4.83. The van der Waals surface area contributed by atoms with Gasteiger partial charge < -0.3 is 0 Å². The molecule has 0 aliphatic carbocycles. The molecule has 6 heteroatoms. The van der Waals surface area contributed by atoms with E-state index in [9.17, 15) is 14.6 Å². The van der Waals surface area contributed by atoms with Crippen molar-refractivity contribution in [1.29, 1.82) is 0 Å². The van der Waals surface area contributed by atoms with Gasteiger partial charge in [-0.25, -0.2) is 0 Å². The van der Waals surface area contributed by atoms with E-state index < -0.39 is 5.91 Å². The van der Waals surface area contributed by atoms with E-state index in [-0.39, 0.29) is 12.1 Å². The zero-order chi connectivity index (χ0) is 9.40. The number of carbonyl (C=O) groups excluding carboxylic acids is 1. The Morgan fingerprint density at radius 2 is 2.08 bits per heavy atom. The van der Waals surface area contributed by atoms with Crippen LogP contribution in [0.4, 0.5) is 0 Å². The van der Waals surface area contributed by atoms with Gasteiger partial charge in [0, 0.05) is 22.3 Å². The van der Waals surface area contributed by atoms with Crippen molar-refractivity contribution in [1.82, 2.24) is 0 Å². The van der Waals surface area contributed by atoms with E-state index in [1.165, 1.54) is 11.8 Å². The maximum absolute atomic E-state index is 10.5. The number of nitrogens with zero attached hydrogens (tertiary/aromatic N) is 2. The van der Waals surface area contributed by atoms with Gasteiger partial charge in [0.15, 0.2) is 0 Å². The normalized spacial score (nSPS) is 9.00. The van der Waals surface area contributed by atoms with Crippen LogP contribution in [0.2, 0.25) is 0 Å². The monoisotopic (exact) mass is 188 g/mol. The van der Waals surface area contributed by atoms with E-state index >= 15 is 0 Å². The van der Waals surface area contributed by atoms with Crippen LogP contribution in [0.3, 0.4) is 0 Å². The van der Waals surface area contributed by atoms with E-state index in [0.29, 0.717) is 11.5 Å². The molecule has 0 fully saturated rings. The lowest BCUT2D eigenvalue weighted by atomic mass is 10.3. The van der Waals surface area contributed by atoms with Crippen LogP contribution < -0.4 is 0 Å². The van der Waals surface area contributed by atoms with Crippen molar-refractivity contribution in [2.24, 2.45) is 10.4 Å². The van der Waals surface area contributed by atoms with E-state index in [1.807, 2.05) is 0 Å². The predicted molar refractivity (Wildman–Crippen MR) is 47.9 cm³/mol. The number of thioether (sulfide) groups is 1. The first-order chi connectivity index (χ1) is 5.72. The Morgan fingerprint density at radius 3 is 2.58 bits per heavy atom. The van der Waals surface area contributed by atoms with Gasteiger partial charge in [-0.3, -0.25) is 4.79 Å². The van der Waals surface area contributed by atoms with E-state index in [4.69, 9.17) is 0 Å².